The third-order valence-corrected chi connectivity index (χ3v) is 5.38. The minimum absolute atomic E-state index is 0.0130. The molecule has 1 saturated heterocycles. The molecule has 0 radical (unpaired) electrons. The van der Waals surface area contributed by atoms with Gasteiger partial charge in [0.2, 0.25) is 5.91 Å². The first kappa shape index (κ1) is 21.3. The fourth-order valence-electron chi connectivity index (χ4n) is 3.57. The number of carbonyl (C=O) groups is 2. The quantitative estimate of drug-likeness (QED) is 0.740. The molecule has 2 aromatic carbocycles. The van der Waals surface area contributed by atoms with Gasteiger partial charge in [0.15, 0.2) is 0 Å². The molecule has 0 spiro atoms. The summed E-state index contributed by atoms with van der Waals surface area (Å²) in [5.41, 5.74) is 2.29. The summed E-state index contributed by atoms with van der Waals surface area (Å²) in [4.78, 5) is 27.5. The molecule has 5 nitrogen and oxygen atoms in total. The van der Waals surface area contributed by atoms with Crippen LogP contribution in [0.25, 0.3) is 0 Å². The van der Waals surface area contributed by atoms with Crippen LogP contribution in [-0.4, -0.2) is 35.8 Å². The van der Waals surface area contributed by atoms with Crippen molar-refractivity contribution in [3.8, 4) is 0 Å². The van der Waals surface area contributed by atoms with Crippen LogP contribution in [0.1, 0.15) is 42.6 Å². The van der Waals surface area contributed by atoms with Crippen molar-refractivity contribution in [3.05, 3.63) is 64.7 Å². The summed E-state index contributed by atoms with van der Waals surface area (Å²) in [6, 6.07) is 15.1. The topological polar surface area (TPSA) is 61.4 Å². The minimum Gasteiger partial charge on any atom is -0.350 e. The normalized spacial score (nSPS) is 15.3. The second-order valence-electron chi connectivity index (χ2n) is 7.84. The minimum atomic E-state index is -0.173. The number of halogens is 1. The fourth-order valence-corrected chi connectivity index (χ4v) is 3.69. The Bertz CT molecular complexity index is 843. The number of benzene rings is 2. The molecular weight excluding hydrogens is 386 g/mol. The van der Waals surface area contributed by atoms with Crippen LogP contribution in [-0.2, 0) is 11.3 Å². The standard InChI is InChI=1S/C23H28ClN3O2/c1-16(2)25-23(29)20-5-3-4-6-21(20)26-22(28)18-11-13-27(14-12-18)15-17-7-9-19(24)10-8-17/h3-10,16,18H,11-15H2,1-2H3,(H,25,29)(H,26,28). The zero-order chi connectivity index (χ0) is 20.8. The molecule has 1 aliphatic heterocycles. The summed E-state index contributed by atoms with van der Waals surface area (Å²) in [6.07, 6.45) is 1.61. The maximum absolute atomic E-state index is 12.8. The van der Waals surface area contributed by atoms with Crippen molar-refractivity contribution in [3.63, 3.8) is 0 Å². The Kier molecular flexibility index (Phi) is 7.29. The molecule has 0 aliphatic carbocycles. The van der Waals surface area contributed by atoms with E-state index in [0.29, 0.717) is 11.3 Å². The summed E-state index contributed by atoms with van der Waals surface area (Å²) in [5, 5.41) is 6.59. The van der Waals surface area contributed by atoms with Gasteiger partial charge in [0.25, 0.3) is 5.91 Å². The van der Waals surface area contributed by atoms with Crippen molar-refractivity contribution >= 4 is 29.1 Å². The molecule has 3 rings (SSSR count). The van der Waals surface area contributed by atoms with Gasteiger partial charge in [-0.25, -0.2) is 0 Å². The molecule has 2 aromatic rings. The molecule has 2 amide bonds. The molecule has 29 heavy (non-hydrogen) atoms. The van der Waals surface area contributed by atoms with E-state index in [4.69, 9.17) is 11.6 Å². The van der Waals surface area contributed by atoms with Crippen LogP contribution in [0.5, 0.6) is 0 Å². The lowest BCUT2D eigenvalue weighted by molar-refractivity contribution is -0.121. The number of hydrogen-bond donors (Lipinski definition) is 2. The van der Waals surface area contributed by atoms with Gasteiger partial charge in [-0.15, -0.1) is 0 Å². The van der Waals surface area contributed by atoms with Gasteiger partial charge in [-0.05, 0) is 69.6 Å². The van der Waals surface area contributed by atoms with Crippen molar-refractivity contribution < 1.29 is 9.59 Å². The highest BCUT2D eigenvalue weighted by molar-refractivity contribution is 6.30. The van der Waals surface area contributed by atoms with Crippen LogP contribution in [0, 0.1) is 5.92 Å². The summed E-state index contributed by atoms with van der Waals surface area (Å²) in [6.45, 7) is 6.43. The number of amides is 2. The van der Waals surface area contributed by atoms with Crippen LogP contribution in [0.3, 0.4) is 0 Å². The number of carbonyl (C=O) groups excluding carboxylic acids is 2. The first-order valence-electron chi connectivity index (χ1n) is 10.1. The van der Waals surface area contributed by atoms with E-state index in [-0.39, 0.29) is 23.8 Å². The maximum atomic E-state index is 12.8. The smallest absolute Gasteiger partial charge is 0.253 e. The van der Waals surface area contributed by atoms with Gasteiger partial charge in [0, 0.05) is 23.5 Å². The predicted molar refractivity (Wildman–Crippen MR) is 117 cm³/mol. The molecule has 1 heterocycles. The number of anilines is 1. The molecule has 6 heteroatoms. The highest BCUT2D eigenvalue weighted by Gasteiger charge is 2.26. The Hall–Kier alpha value is -2.37. The van der Waals surface area contributed by atoms with E-state index < -0.39 is 0 Å². The Morgan fingerprint density at radius 1 is 1.07 bits per heavy atom. The summed E-state index contributed by atoms with van der Waals surface area (Å²) >= 11 is 5.95. The number of hydrogen-bond acceptors (Lipinski definition) is 3. The average molecular weight is 414 g/mol. The number of para-hydroxylation sites is 1. The lowest BCUT2D eigenvalue weighted by atomic mass is 9.95. The van der Waals surface area contributed by atoms with Gasteiger partial charge in [0.1, 0.15) is 0 Å². The van der Waals surface area contributed by atoms with Gasteiger partial charge < -0.3 is 10.6 Å². The zero-order valence-electron chi connectivity index (χ0n) is 17.0. The Labute approximate surface area is 177 Å². The number of nitrogens with one attached hydrogen (secondary N) is 2. The second-order valence-corrected chi connectivity index (χ2v) is 8.28. The van der Waals surface area contributed by atoms with Crippen molar-refractivity contribution in [1.29, 1.82) is 0 Å². The fraction of sp³-hybridized carbons (Fsp3) is 0.391. The van der Waals surface area contributed by atoms with Crippen LogP contribution < -0.4 is 10.6 Å². The SMILES string of the molecule is CC(C)NC(=O)c1ccccc1NC(=O)C1CCN(Cc2ccc(Cl)cc2)CC1. The molecule has 0 bridgehead atoms. The summed E-state index contributed by atoms with van der Waals surface area (Å²) < 4.78 is 0. The number of nitrogens with zero attached hydrogens (tertiary/aromatic N) is 1. The van der Waals surface area contributed by atoms with Crippen LogP contribution >= 0.6 is 11.6 Å². The monoisotopic (exact) mass is 413 g/mol. The Balaban J connectivity index is 1.55. The van der Waals surface area contributed by atoms with E-state index in [1.807, 2.05) is 44.2 Å². The molecule has 154 valence electrons. The third kappa shape index (κ3) is 6.05. The summed E-state index contributed by atoms with van der Waals surface area (Å²) in [7, 11) is 0. The van der Waals surface area contributed by atoms with Crippen LogP contribution in [0.4, 0.5) is 5.69 Å². The number of likely N-dealkylation sites (tertiary alicyclic amines) is 1. The maximum Gasteiger partial charge on any atom is 0.253 e. The van der Waals surface area contributed by atoms with E-state index in [1.165, 1.54) is 5.56 Å². The van der Waals surface area contributed by atoms with Gasteiger partial charge >= 0.3 is 0 Å². The lowest BCUT2D eigenvalue weighted by Crippen LogP contribution is -2.38. The van der Waals surface area contributed by atoms with Crippen molar-refractivity contribution in [1.82, 2.24) is 10.2 Å². The van der Waals surface area contributed by atoms with Gasteiger partial charge in [-0.2, -0.15) is 0 Å². The first-order valence-corrected chi connectivity index (χ1v) is 10.5. The van der Waals surface area contributed by atoms with E-state index in [1.54, 1.807) is 18.2 Å². The van der Waals surface area contributed by atoms with E-state index in [9.17, 15) is 9.59 Å². The molecule has 2 N–H and O–H groups in total. The molecular formula is C23H28ClN3O2. The molecule has 1 fully saturated rings. The van der Waals surface area contributed by atoms with Gasteiger partial charge in [-0.1, -0.05) is 35.9 Å². The number of piperidine rings is 1. The van der Waals surface area contributed by atoms with Gasteiger partial charge in [-0.3, -0.25) is 14.5 Å². The first-order chi connectivity index (χ1) is 13.9. The third-order valence-electron chi connectivity index (χ3n) is 5.13. The molecule has 1 aliphatic rings. The van der Waals surface area contributed by atoms with Crippen molar-refractivity contribution in [2.75, 3.05) is 18.4 Å². The van der Waals surface area contributed by atoms with Gasteiger partial charge in [0.05, 0.1) is 11.3 Å². The molecule has 0 saturated carbocycles. The highest BCUT2D eigenvalue weighted by Crippen LogP contribution is 2.23. The lowest BCUT2D eigenvalue weighted by Gasteiger charge is -2.31. The Morgan fingerprint density at radius 2 is 1.72 bits per heavy atom. The van der Waals surface area contributed by atoms with Crippen LogP contribution in [0.2, 0.25) is 5.02 Å². The Morgan fingerprint density at radius 3 is 2.38 bits per heavy atom. The molecule has 0 aromatic heterocycles. The predicted octanol–water partition coefficient (Wildman–Crippen LogP) is 4.33. The van der Waals surface area contributed by atoms with E-state index >= 15 is 0 Å². The zero-order valence-corrected chi connectivity index (χ0v) is 17.7. The van der Waals surface area contributed by atoms with E-state index in [0.717, 1.165) is 37.5 Å². The average Bonchev–Trinajstić information content (AvgIpc) is 2.70. The highest BCUT2D eigenvalue weighted by atomic mass is 35.5. The van der Waals surface area contributed by atoms with Crippen molar-refractivity contribution in [2.45, 2.75) is 39.3 Å². The second kappa shape index (κ2) is 9.90. The van der Waals surface area contributed by atoms with E-state index in [2.05, 4.69) is 15.5 Å². The largest absolute Gasteiger partial charge is 0.350 e. The number of rotatable bonds is 6. The molecule has 0 atom stereocenters. The van der Waals surface area contributed by atoms with Crippen LogP contribution in [0.15, 0.2) is 48.5 Å². The summed E-state index contributed by atoms with van der Waals surface area (Å²) in [5.74, 6) is -0.229. The molecule has 0 unspecified atom stereocenters. The van der Waals surface area contributed by atoms with Crippen molar-refractivity contribution in [2.24, 2.45) is 5.92 Å².